The quantitative estimate of drug-likeness (QED) is 0.809. The van der Waals surface area contributed by atoms with Gasteiger partial charge in [0.05, 0.1) is 0 Å². The third-order valence-corrected chi connectivity index (χ3v) is 15.8. The minimum atomic E-state index is -0.875. The molecule has 0 unspecified atom stereocenters. The van der Waals surface area contributed by atoms with Crippen LogP contribution in [0.25, 0.3) is 0 Å². The van der Waals surface area contributed by atoms with E-state index in [0.29, 0.717) is 0 Å². The van der Waals surface area contributed by atoms with Crippen LogP contribution in [0, 0.1) is 0 Å². The molecule has 1 heterocycles. The fourth-order valence-electron chi connectivity index (χ4n) is 1.31. The number of hydrogen-bond donors (Lipinski definition) is 2. The topological polar surface area (TPSA) is 55.1 Å². The van der Waals surface area contributed by atoms with Gasteiger partial charge in [-0.2, -0.15) is 0 Å². The molecule has 3 N–H and O–H groups in total. The summed E-state index contributed by atoms with van der Waals surface area (Å²) in [5, 5.41) is 2.75. The van der Waals surface area contributed by atoms with Crippen LogP contribution < -0.4 is 15.4 Å². The second-order valence-corrected chi connectivity index (χ2v) is 15.0. The number of rotatable bonds is 3. The fraction of sp³-hybridized carbons (Fsp3) is 0.300. The van der Waals surface area contributed by atoms with Crippen molar-refractivity contribution in [3.8, 4) is 0 Å². The van der Waals surface area contributed by atoms with E-state index in [1.807, 2.05) is 12.1 Å². The van der Waals surface area contributed by atoms with Gasteiger partial charge in [-0.15, -0.1) is 0 Å². The summed E-state index contributed by atoms with van der Waals surface area (Å²) >= 11 is -0.875. The number of amides is 1. The molecule has 1 aliphatic rings. The Bertz CT molecular complexity index is 366. The van der Waals surface area contributed by atoms with Gasteiger partial charge in [-0.25, -0.2) is 0 Å². The Hall–Kier alpha value is -0.0916. The molecule has 1 fully saturated rings. The molecule has 1 aromatic rings. The van der Waals surface area contributed by atoms with Gasteiger partial charge >= 0.3 is 106 Å². The molecule has 0 aromatic heterocycles. The van der Waals surface area contributed by atoms with Crippen LogP contribution >= 0.6 is 20.0 Å². The van der Waals surface area contributed by atoms with Crippen LogP contribution in [0.2, 0.25) is 0 Å². The Labute approximate surface area is 106 Å². The van der Waals surface area contributed by atoms with Gasteiger partial charge in [0.1, 0.15) is 0 Å². The predicted molar refractivity (Wildman–Crippen MR) is 74.4 cm³/mol. The Kier molecular flexibility index (Phi) is 4.64. The van der Waals surface area contributed by atoms with E-state index in [9.17, 15) is 4.79 Å². The van der Waals surface area contributed by atoms with E-state index in [0.717, 1.165) is 5.69 Å². The molecule has 2 rings (SSSR count). The van der Waals surface area contributed by atoms with E-state index < -0.39 is 12.3 Å². The maximum absolute atomic E-state index is 11.1. The van der Waals surface area contributed by atoms with Gasteiger partial charge in [-0.3, -0.25) is 0 Å². The number of carbonyl (C=O) groups excluding carboxylic acids is 1. The summed E-state index contributed by atoms with van der Waals surface area (Å²) in [6, 6.07) is 8.21. The van der Waals surface area contributed by atoms with Gasteiger partial charge in [0.25, 0.3) is 0 Å². The Balaban J connectivity index is 2.01. The summed E-state index contributed by atoms with van der Waals surface area (Å²) in [6.07, 6.45) is 0. The summed E-state index contributed by atoms with van der Waals surface area (Å²) in [5.41, 5.74) is 6.07. The summed E-state index contributed by atoms with van der Waals surface area (Å²) in [5.74, 6) is 2.43. The van der Waals surface area contributed by atoms with Crippen LogP contribution in [0.3, 0.4) is 0 Å². The molecule has 3 nitrogen and oxygen atoms in total. The first-order valence-electron chi connectivity index (χ1n) is 4.95. The Morgan fingerprint density at radius 2 is 1.94 bits per heavy atom. The number of nitrogens with one attached hydrogen (secondary N) is 1. The molecule has 1 amide bonds. The Morgan fingerprint density at radius 3 is 2.50 bits per heavy atom. The van der Waals surface area contributed by atoms with Crippen molar-refractivity contribution >= 4 is 48.3 Å². The summed E-state index contributed by atoms with van der Waals surface area (Å²) in [4.78, 5) is 11.1. The van der Waals surface area contributed by atoms with Crippen molar-refractivity contribution in [1.82, 2.24) is 0 Å². The monoisotopic (exact) mass is 316 g/mol. The third kappa shape index (κ3) is 3.20. The summed E-state index contributed by atoms with van der Waals surface area (Å²) < 4.78 is 1.46. The normalized spacial score (nSPS) is 16.3. The predicted octanol–water partition coefficient (Wildman–Crippen LogP) is 0.759. The molecule has 1 saturated heterocycles. The van der Waals surface area contributed by atoms with Crippen molar-refractivity contribution in [2.75, 3.05) is 23.4 Å². The van der Waals surface area contributed by atoms with E-state index in [1.165, 1.54) is 15.9 Å². The van der Waals surface area contributed by atoms with Crippen LogP contribution in [0.5, 0.6) is 0 Å². The van der Waals surface area contributed by atoms with Crippen LogP contribution in [0.15, 0.2) is 24.3 Å². The SMILES string of the molecule is NCC(=O)Nc1ccc([As]2SCCS2)cc1. The molecule has 86 valence electrons. The van der Waals surface area contributed by atoms with Crippen LogP contribution in [0.1, 0.15) is 0 Å². The first-order chi connectivity index (χ1) is 7.79. The molecular weight excluding hydrogens is 303 g/mol. The van der Waals surface area contributed by atoms with Gasteiger partial charge in [0.2, 0.25) is 0 Å². The molecule has 16 heavy (non-hydrogen) atoms. The number of anilines is 1. The van der Waals surface area contributed by atoms with Crippen molar-refractivity contribution < 1.29 is 4.79 Å². The number of hydrogen-bond acceptors (Lipinski definition) is 4. The average molecular weight is 316 g/mol. The van der Waals surface area contributed by atoms with E-state index in [4.69, 9.17) is 5.73 Å². The van der Waals surface area contributed by atoms with Crippen molar-refractivity contribution in [2.45, 2.75) is 0 Å². The third-order valence-electron chi connectivity index (χ3n) is 2.05. The van der Waals surface area contributed by atoms with Crippen molar-refractivity contribution in [3.05, 3.63) is 24.3 Å². The summed E-state index contributed by atoms with van der Waals surface area (Å²) in [6.45, 7) is 0.0330. The standard InChI is InChI=1S/C10H13AsN2OS2/c12-7-10(14)13-9-3-1-8(2-4-9)11-15-5-6-16-11/h1-4H,5-7,12H2,(H,13,14). The zero-order chi connectivity index (χ0) is 11.4. The zero-order valence-corrected chi connectivity index (χ0v) is 12.2. The second kappa shape index (κ2) is 6.01. The van der Waals surface area contributed by atoms with E-state index in [-0.39, 0.29) is 12.5 Å². The Morgan fingerprint density at radius 1 is 1.31 bits per heavy atom. The van der Waals surface area contributed by atoms with Crippen LogP contribution in [0.4, 0.5) is 5.69 Å². The number of carbonyl (C=O) groups is 1. The summed E-state index contributed by atoms with van der Waals surface area (Å²) in [7, 11) is 4.24. The zero-order valence-electron chi connectivity index (χ0n) is 8.68. The van der Waals surface area contributed by atoms with E-state index in [1.54, 1.807) is 0 Å². The molecule has 1 aliphatic heterocycles. The van der Waals surface area contributed by atoms with E-state index in [2.05, 4.69) is 37.5 Å². The van der Waals surface area contributed by atoms with Crippen molar-refractivity contribution in [3.63, 3.8) is 0 Å². The first-order valence-corrected chi connectivity index (χ1v) is 12.4. The van der Waals surface area contributed by atoms with Gasteiger partial charge in [0, 0.05) is 0 Å². The van der Waals surface area contributed by atoms with Crippen molar-refractivity contribution in [1.29, 1.82) is 0 Å². The fourth-order valence-corrected chi connectivity index (χ4v) is 15.4. The molecule has 0 aliphatic carbocycles. The van der Waals surface area contributed by atoms with Gasteiger partial charge in [-0.05, 0) is 0 Å². The van der Waals surface area contributed by atoms with Gasteiger partial charge in [0.15, 0.2) is 0 Å². The first kappa shape index (κ1) is 12.4. The second-order valence-electron chi connectivity index (χ2n) is 3.22. The number of nitrogens with two attached hydrogens (primary N) is 1. The molecular formula is C10H13AsN2OS2. The molecule has 1 aromatic carbocycles. The minimum absolute atomic E-state index is 0.0330. The molecule has 6 heteroatoms. The molecule has 0 spiro atoms. The van der Waals surface area contributed by atoms with Crippen LogP contribution in [-0.4, -0.2) is 36.3 Å². The molecule has 0 radical (unpaired) electrons. The van der Waals surface area contributed by atoms with Crippen molar-refractivity contribution in [2.24, 2.45) is 5.73 Å². The average Bonchev–Trinajstić information content (AvgIpc) is 2.83. The maximum atomic E-state index is 11.1. The molecule has 0 bridgehead atoms. The van der Waals surface area contributed by atoms with Crippen LogP contribution in [-0.2, 0) is 4.79 Å². The van der Waals surface area contributed by atoms with Gasteiger partial charge < -0.3 is 0 Å². The molecule has 0 atom stereocenters. The number of benzene rings is 1. The molecule has 0 saturated carbocycles. The van der Waals surface area contributed by atoms with Gasteiger partial charge in [-0.1, -0.05) is 0 Å². The van der Waals surface area contributed by atoms with E-state index >= 15 is 0 Å².